The summed E-state index contributed by atoms with van der Waals surface area (Å²) < 4.78 is 34.2. The quantitative estimate of drug-likeness (QED) is 0.569. The van der Waals surface area contributed by atoms with Gasteiger partial charge in [-0.25, -0.2) is 8.42 Å². The predicted octanol–water partition coefficient (Wildman–Crippen LogP) is 3.70. The van der Waals surface area contributed by atoms with Gasteiger partial charge >= 0.3 is 0 Å². The Morgan fingerprint density at radius 2 is 1.84 bits per heavy atom. The van der Waals surface area contributed by atoms with Gasteiger partial charge in [0.15, 0.2) is 0 Å². The van der Waals surface area contributed by atoms with Crippen LogP contribution in [0.5, 0.6) is 5.75 Å². The third-order valence-electron chi connectivity index (χ3n) is 5.98. The average Bonchev–Trinajstić information content (AvgIpc) is 2.82. The maximum absolute atomic E-state index is 13.9. The summed E-state index contributed by atoms with van der Waals surface area (Å²) in [5.74, 6) is 0.988. The van der Waals surface area contributed by atoms with Crippen molar-refractivity contribution < 1.29 is 17.9 Å². The van der Waals surface area contributed by atoms with Crippen LogP contribution >= 0.6 is 0 Å². The fourth-order valence-electron chi connectivity index (χ4n) is 3.98. The van der Waals surface area contributed by atoms with Crippen LogP contribution in [0.25, 0.3) is 10.8 Å². The van der Waals surface area contributed by atoms with E-state index in [0.717, 1.165) is 18.2 Å². The fraction of sp³-hybridized carbons (Fsp3) is 0.333. The molecule has 1 fully saturated rings. The molecule has 2 heterocycles. The number of ether oxygens (including phenoxy) is 1. The number of fused-ring (bicyclic) bond motifs is 1. The van der Waals surface area contributed by atoms with E-state index in [1.165, 1.54) is 4.31 Å². The summed E-state index contributed by atoms with van der Waals surface area (Å²) in [4.78, 5) is 19.1. The molecule has 0 radical (unpaired) electrons. The van der Waals surface area contributed by atoms with Crippen LogP contribution in [0.15, 0.2) is 65.8 Å². The molecule has 0 N–H and O–H groups in total. The number of carbonyl (C=O) groups is 1. The second kappa shape index (κ2) is 9.16. The molecule has 8 heteroatoms. The zero-order valence-corrected chi connectivity index (χ0v) is 19.1. The van der Waals surface area contributed by atoms with Gasteiger partial charge in [0, 0.05) is 36.3 Å². The number of benzene rings is 2. The lowest BCUT2D eigenvalue weighted by molar-refractivity contribution is -0.130. The van der Waals surface area contributed by atoms with Crippen LogP contribution in [0, 0.1) is 5.92 Å². The molecular weight excluding hydrogens is 426 g/mol. The molecule has 168 valence electrons. The molecule has 1 aromatic heterocycles. The first-order valence-electron chi connectivity index (χ1n) is 10.7. The highest BCUT2D eigenvalue weighted by atomic mass is 32.2. The maximum Gasteiger partial charge on any atom is 0.265 e. The predicted molar refractivity (Wildman–Crippen MR) is 124 cm³/mol. The molecule has 0 bridgehead atoms. The highest BCUT2D eigenvalue weighted by molar-refractivity contribution is 7.93. The molecule has 1 aliphatic rings. The molecule has 0 atom stereocenters. The van der Waals surface area contributed by atoms with E-state index < -0.39 is 10.0 Å². The molecule has 32 heavy (non-hydrogen) atoms. The first-order valence-corrected chi connectivity index (χ1v) is 12.1. The molecule has 2 aromatic carbocycles. The lowest BCUT2D eigenvalue weighted by Crippen LogP contribution is -2.45. The Kier molecular flexibility index (Phi) is 6.32. The van der Waals surface area contributed by atoms with Crippen molar-refractivity contribution in [3.63, 3.8) is 0 Å². The zero-order chi connectivity index (χ0) is 22.7. The smallest absolute Gasteiger partial charge is 0.265 e. The summed E-state index contributed by atoms with van der Waals surface area (Å²) in [5.41, 5.74) is 0.413. The monoisotopic (exact) mass is 453 g/mol. The Labute approximate surface area is 188 Å². The number of methoxy groups -OCH3 is 1. The molecule has 1 saturated heterocycles. The topological polar surface area (TPSA) is 79.8 Å². The van der Waals surface area contributed by atoms with E-state index in [1.807, 2.05) is 6.07 Å². The van der Waals surface area contributed by atoms with Crippen LogP contribution in [0.2, 0.25) is 0 Å². The second-order valence-electron chi connectivity index (χ2n) is 8.13. The Hall–Kier alpha value is -3.13. The van der Waals surface area contributed by atoms with Gasteiger partial charge in [0.25, 0.3) is 10.0 Å². The average molecular weight is 454 g/mol. The highest BCUT2D eigenvalue weighted by Gasteiger charge is 2.31. The lowest BCUT2D eigenvalue weighted by atomic mass is 9.99. The van der Waals surface area contributed by atoms with Gasteiger partial charge in [-0.1, -0.05) is 19.1 Å². The Balaban J connectivity index is 1.74. The second-order valence-corrected chi connectivity index (χ2v) is 9.96. The number of hydrogen-bond donors (Lipinski definition) is 0. The Morgan fingerprint density at radius 3 is 2.53 bits per heavy atom. The van der Waals surface area contributed by atoms with Gasteiger partial charge < -0.3 is 9.64 Å². The highest BCUT2D eigenvalue weighted by Crippen LogP contribution is 2.30. The van der Waals surface area contributed by atoms with Gasteiger partial charge in [0.2, 0.25) is 5.91 Å². The van der Waals surface area contributed by atoms with Crippen molar-refractivity contribution >= 4 is 32.4 Å². The fourth-order valence-corrected chi connectivity index (χ4v) is 5.61. The van der Waals surface area contributed by atoms with E-state index in [-0.39, 0.29) is 17.3 Å². The summed E-state index contributed by atoms with van der Waals surface area (Å²) in [6.07, 6.45) is 5.06. The van der Waals surface area contributed by atoms with Crippen molar-refractivity contribution in [2.24, 2.45) is 5.92 Å². The van der Waals surface area contributed by atoms with Crippen LogP contribution in [0.3, 0.4) is 0 Å². The molecule has 7 nitrogen and oxygen atoms in total. The first kappa shape index (κ1) is 22.1. The van der Waals surface area contributed by atoms with E-state index in [4.69, 9.17) is 4.74 Å². The largest absolute Gasteiger partial charge is 0.497 e. The standard InChI is InChI=1S/C24H27N3O4S/c1-18-11-14-26(15-12-18)24(28)17-27(20-6-8-21(31-2)9-7-20)32(29,30)23-5-3-4-19-16-25-13-10-22(19)23/h3-10,13,16,18H,11-12,14-15,17H2,1-2H3. The van der Waals surface area contributed by atoms with Gasteiger partial charge in [0.05, 0.1) is 17.7 Å². The van der Waals surface area contributed by atoms with Gasteiger partial charge in [0.1, 0.15) is 12.3 Å². The summed E-state index contributed by atoms with van der Waals surface area (Å²) in [7, 11) is -2.48. The van der Waals surface area contributed by atoms with Crippen molar-refractivity contribution in [3.8, 4) is 5.75 Å². The molecule has 4 rings (SSSR count). The van der Waals surface area contributed by atoms with Crippen LogP contribution in [0.1, 0.15) is 19.8 Å². The molecule has 0 unspecified atom stereocenters. The number of anilines is 1. The SMILES string of the molecule is COc1ccc(N(CC(=O)N2CCC(C)CC2)S(=O)(=O)c2cccc3cnccc23)cc1. The number of nitrogens with zero attached hydrogens (tertiary/aromatic N) is 3. The van der Waals surface area contributed by atoms with Gasteiger partial charge in [-0.3, -0.25) is 14.1 Å². The zero-order valence-electron chi connectivity index (χ0n) is 18.3. The van der Waals surface area contributed by atoms with Crippen molar-refractivity contribution in [3.05, 3.63) is 60.9 Å². The van der Waals surface area contributed by atoms with E-state index >= 15 is 0 Å². The van der Waals surface area contributed by atoms with E-state index in [0.29, 0.717) is 35.8 Å². The third kappa shape index (κ3) is 4.41. The number of aromatic nitrogens is 1. The summed E-state index contributed by atoms with van der Waals surface area (Å²) in [5, 5.41) is 1.29. The molecule has 0 spiro atoms. The molecule has 3 aromatic rings. The minimum Gasteiger partial charge on any atom is -0.497 e. The van der Waals surface area contributed by atoms with Crippen LogP contribution < -0.4 is 9.04 Å². The van der Waals surface area contributed by atoms with Gasteiger partial charge in [-0.05, 0) is 55.2 Å². The maximum atomic E-state index is 13.9. The Bertz CT molecular complexity index is 1200. The molecule has 0 aliphatic carbocycles. The van der Waals surface area contributed by atoms with Crippen molar-refractivity contribution in [1.29, 1.82) is 0 Å². The van der Waals surface area contributed by atoms with Crippen LogP contribution in [-0.4, -0.2) is 51.0 Å². The molecule has 0 saturated carbocycles. The minimum atomic E-state index is -4.03. The molecule has 1 aliphatic heterocycles. The van der Waals surface area contributed by atoms with E-state index in [9.17, 15) is 13.2 Å². The van der Waals surface area contributed by atoms with Crippen molar-refractivity contribution in [2.45, 2.75) is 24.7 Å². The summed E-state index contributed by atoms with van der Waals surface area (Å²) in [6, 6.07) is 13.5. The first-order chi connectivity index (χ1) is 15.4. The Morgan fingerprint density at radius 1 is 1.12 bits per heavy atom. The number of rotatable bonds is 6. The number of amides is 1. The lowest BCUT2D eigenvalue weighted by Gasteiger charge is -2.33. The summed E-state index contributed by atoms with van der Waals surface area (Å²) in [6.45, 7) is 3.21. The molecular formula is C24H27N3O4S. The third-order valence-corrected chi connectivity index (χ3v) is 7.82. The minimum absolute atomic E-state index is 0.147. The van der Waals surface area contributed by atoms with E-state index in [2.05, 4.69) is 11.9 Å². The number of pyridine rings is 1. The van der Waals surface area contributed by atoms with Gasteiger partial charge in [-0.2, -0.15) is 0 Å². The number of carbonyl (C=O) groups excluding carboxylic acids is 1. The normalized spacial score (nSPS) is 15.0. The number of hydrogen-bond acceptors (Lipinski definition) is 5. The van der Waals surface area contributed by atoms with E-state index in [1.54, 1.807) is 66.9 Å². The number of piperidine rings is 1. The van der Waals surface area contributed by atoms with Crippen molar-refractivity contribution in [1.82, 2.24) is 9.88 Å². The van der Waals surface area contributed by atoms with Crippen LogP contribution in [0.4, 0.5) is 5.69 Å². The van der Waals surface area contributed by atoms with Crippen LogP contribution in [-0.2, 0) is 14.8 Å². The summed E-state index contributed by atoms with van der Waals surface area (Å²) >= 11 is 0. The van der Waals surface area contributed by atoms with Gasteiger partial charge in [-0.15, -0.1) is 0 Å². The number of sulfonamides is 1. The number of likely N-dealkylation sites (tertiary alicyclic amines) is 1. The molecule has 1 amide bonds. The van der Waals surface area contributed by atoms with Crippen molar-refractivity contribution in [2.75, 3.05) is 31.0 Å².